The third-order valence-corrected chi connectivity index (χ3v) is 4.46. The summed E-state index contributed by atoms with van der Waals surface area (Å²) in [4.78, 5) is 12.6. The SMILES string of the molecule is COCc1ccc(-c2ccc(NC(=O)C(C)(C)Oc3cccc(F)c3)cc2)cc1. The molecular formula is C24H24FNO3. The van der Waals surface area contributed by atoms with Crippen LogP contribution in [0.25, 0.3) is 11.1 Å². The number of rotatable bonds is 7. The molecular weight excluding hydrogens is 369 g/mol. The van der Waals surface area contributed by atoms with E-state index in [0.717, 1.165) is 16.7 Å². The Morgan fingerprint density at radius 1 is 0.966 bits per heavy atom. The molecule has 0 saturated heterocycles. The molecule has 0 radical (unpaired) electrons. The first-order valence-corrected chi connectivity index (χ1v) is 9.32. The van der Waals surface area contributed by atoms with E-state index >= 15 is 0 Å². The molecule has 0 aliphatic rings. The Hall–Kier alpha value is -3.18. The number of nitrogens with one attached hydrogen (secondary N) is 1. The summed E-state index contributed by atoms with van der Waals surface area (Å²) in [7, 11) is 1.67. The Bertz CT molecular complexity index is 966. The van der Waals surface area contributed by atoms with Crippen LogP contribution in [0.3, 0.4) is 0 Å². The molecule has 0 unspecified atom stereocenters. The minimum Gasteiger partial charge on any atom is -0.478 e. The number of halogens is 1. The molecule has 1 amide bonds. The normalized spacial score (nSPS) is 11.2. The first kappa shape index (κ1) is 20.6. The molecule has 3 rings (SSSR count). The Labute approximate surface area is 170 Å². The van der Waals surface area contributed by atoms with Crippen molar-refractivity contribution in [1.82, 2.24) is 0 Å². The molecule has 0 bridgehead atoms. The van der Waals surface area contributed by atoms with Crippen LogP contribution in [0, 0.1) is 5.82 Å². The van der Waals surface area contributed by atoms with Gasteiger partial charge in [-0.25, -0.2) is 4.39 Å². The van der Waals surface area contributed by atoms with Gasteiger partial charge in [-0.05, 0) is 54.8 Å². The number of carbonyl (C=O) groups excluding carboxylic acids is 1. The van der Waals surface area contributed by atoms with Crippen molar-refractivity contribution >= 4 is 11.6 Å². The highest BCUT2D eigenvalue weighted by molar-refractivity contribution is 5.97. The van der Waals surface area contributed by atoms with Crippen LogP contribution in [0.2, 0.25) is 0 Å². The molecule has 29 heavy (non-hydrogen) atoms. The number of methoxy groups -OCH3 is 1. The predicted molar refractivity (Wildman–Crippen MR) is 112 cm³/mol. The maximum atomic E-state index is 13.3. The van der Waals surface area contributed by atoms with E-state index in [1.807, 2.05) is 48.5 Å². The van der Waals surface area contributed by atoms with Gasteiger partial charge in [0.1, 0.15) is 11.6 Å². The third kappa shape index (κ3) is 5.42. The van der Waals surface area contributed by atoms with Crippen molar-refractivity contribution in [3.63, 3.8) is 0 Å². The summed E-state index contributed by atoms with van der Waals surface area (Å²) in [6.45, 7) is 3.87. The Kier molecular flexibility index (Phi) is 6.29. The lowest BCUT2D eigenvalue weighted by molar-refractivity contribution is -0.128. The smallest absolute Gasteiger partial charge is 0.267 e. The molecule has 0 atom stereocenters. The minimum atomic E-state index is -1.16. The molecule has 4 nitrogen and oxygen atoms in total. The molecule has 5 heteroatoms. The highest BCUT2D eigenvalue weighted by atomic mass is 19.1. The van der Waals surface area contributed by atoms with Crippen LogP contribution in [0.5, 0.6) is 5.75 Å². The lowest BCUT2D eigenvalue weighted by Crippen LogP contribution is -2.42. The van der Waals surface area contributed by atoms with Crippen molar-refractivity contribution < 1.29 is 18.7 Å². The Morgan fingerprint density at radius 2 is 1.59 bits per heavy atom. The summed E-state index contributed by atoms with van der Waals surface area (Å²) in [5.74, 6) is -0.430. The summed E-state index contributed by atoms with van der Waals surface area (Å²) in [6, 6.07) is 21.4. The average Bonchev–Trinajstić information content (AvgIpc) is 2.69. The number of anilines is 1. The molecule has 0 fully saturated rings. The lowest BCUT2D eigenvalue weighted by atomic mass is 10.0. The van der Waals surface area contributed by atoms with E-state index < -0.39 is 11.4 Å². The van der Waals surface area contributed by atoms with Gasteiger partial charge < -0.3 is 14.8 Å². The predicted octanol–water partition coefficient (Wildman–Crippen LogP) is 5.44. The van der Waals surface area contributed by atoms with Crippen molar-refractivity contribution in [3.05, 3.63) is 84.2 Å². The first-order chi connectivity index (χ1) is 13.9. The van der Waals surface area contributed by atoms with E-state index in [0.29, 0.717) is 18.0 Å². The molecule has 0 spiro atoms. The zero-order valence-electron chi connectivity index (χ0n) is 16.7. The van der Waals surface area contributed by atoms with Crippen LogP contribution in [-0.4, -0.2) is 18.6 Å². The van der Waals surface area contributed by atoms with Gasteiger partial charge in [0, 0.05) is 18.9 Å². The summed E-state index contributed by atoms with van der Waals surface area (Å²) < 4.78 is 24.1. The fourth-order valence-corrected chi connectivity index (χ4v) is 2.86. The molecule has 3 aromatic carbocycles. The monoisotopic (exact) mass is 393 g/mol. The Morgan fingerprint density at radius 3 is 2.17 bits per heavy atom. The molecule has 0 saturated carbocycles. The molecule has 0 aromatic heterocycles. The summed E-state index contributed by atoms with van der Waals surface area (Å²) in [6.07, 6.45) is 0. The fraction of sp³-hybridized carbons (Fsp3) is 0.208. The van der Waals surface area contributed by atoms with Crippen LogP contribution in [0.1, 0.15) is 19.4 Å². The van der Waals surface area contributed by atoms with Crippen molar-refractivity contribution in [1.29, 1.82) is 0 Å². The third-order valence-electron chi connectivity index (χ3n) is 4.46. The first-order valence-electron chi connectivity index (χ1n) is 9.32. The molecule has 3 aromatic rings. The van der Waals surface area contributed by atoms with Gasteiger partial charge in [-0.1, -0.05) is 42.5 Å². The Balaban J connectivity index is 1.66. The van der Waals surface area contributed by atoms with Crippen LogP contribution >= 0.6 is 0 Å². The summed E-state index contributed by atoms with van der Waals surface area (Å²) in [5, 5.41) is 2.85. The number of ether oxygens (including phenoxy) is 2. The molecule has 0 heterocycles. The fourth-order valence-electron chi connectivity index (χ4n) is 2.86. The number of hydrogen-bond acceptors (Lipinski definition) is 3. The molecule has 1 N–H and O–H groups in total. The largest absolute Gasteiger partial charge is 0.478 e. The van der Waals surface area contributed by atoms with E-state index in [1.165, 1.54) is 12.1 Å². The van der Waals surface area contributed by atoms with Crippen molar-refractivity contribution in [3.8, 4) is 16.9 Å². The summed E-state index contributed by atoms with van der Waals surface area (Å²) in [5.41, 5.74) is 2.73. The number of hydrogen-bond donors (Lipinski definition) is 1. The van der Waals surface area contributed by atoms with Gasteiger partial charge in [-0.2, -0.15) is 0 Å². The highest BCUT2D eigenvalue weighted by Crippen LogP contribution is 2.24. The standard InChI is InChI=1S/C24H24FNO3/c1-24(2,29-22-6-4-5-20(25)15-22)23(27)26-21-13-11-19(12-14-21)18-9-7-17(8-10-18)16-28-3/h4-15H,16H2,1-3H3,(H,26,27). The quantitative estimate of drug-likeness (QED) is 0.582. The van der Waals surface area contributed by atoms with Gasteiger partial charge in [-0.3, -0.25) is 4.79 Å². The summed E-state index contributed by atoms with van der Waals surface area (Å²) >= 11 is 0. The minimum absolute atomic E-state index is 0.303. The zero-order valence-corrected chi connectivity index (χ0v) is 16.7. The molecule has 0 aliphatic heterocycles. The van der Waals surface area contributed by atoms with Crippen molar-refractivity contribution in [2.24, 2.45) is 0 Å². The van der Waals surface area contributed by atoms with Gasteiger partial charge in [0.25, 0.3) is 5.91 Å². The van der Waals surface area contributed by atoms with Crippen LogP contribution in [0.4, 0.5) is 10.1 Å². The van der Waals surface area contributed by atoms with E-state index in [-0.39, 0.29) is 5.91 Å². The number of amides is 1. The van der Waals surface area contributed by atoms with Gasteiger partial charge in [0.2, 0.25) is 0 Å². The van der Waals surface area contributed by atoms with E-state index in [4.69, 9.17) is 9.47 Å². The van der Waals surface area contributed by atoms with E-state index in [1.54, 1.807) is 33.1 Å². The van der Waals surface area contributed by atoms with E-state index in [2.05, 4.69) is 5.32 Å². The molecule has 150 valence electrons. The highest BCUT2D eigenvalue weighted by Gasteiger charge is 2.30. The lowest BCUT2D eigenvalue weighted by Gasteiger charge is -2.25. The van der Waals surface area contributed by atoms with Gasteiger partial charge >= 0.3 is 0 Å². The van der Waals surface area contributed by atoms with Gasteiger partial charge in [-0.15, -0.1) is 0 Å². The maximum Gasteiger partial charge on any atom is 0.267 e. The maximum absolute atomic E-state index is 13.3. The van der Waals surface area contributed by atoms with Gasteiger partial charge in [0.05, 0.1) is 6.61 Å². The van der Waals surface area contributed by atoms with Crippen LogP contribution < -0.4 is 10.1 Å². The van der Waals surface area contributed by atoms with Crippen LogP contribution in [-0.2, 0) is 16.1 Å². The van der Waals surface area contributed by atoms with Crippen molar-refractivity contribution in [2.45, 2.75) is 26.1 Å². The van der Waals surface area contributed by atoms with Gasteiger partial charge in [0.15, 0.2) is 5.60 Å². The molecule has 0 aliphatic carbocycles. The van der Waals surface area contributed by atoms with E-state index in [9.17, 15) is 9.18 Å². The van der Waals surface area contributed by atoms with Crippen LogP contribution in [0.15, 0.2) is 72.8 Å². The second kappa shape index (κ2) is 8.88. The average molecular weight is 393 g/mol. The van der Waals surface area contributed by atoms with Crippen molar-refractivity contribution in [2.75, 3.05) is 12.4 Å². The topological polar surface area (TPSA) is 47.6 Å². The second-order valence-electron chi connectivity index (χ2n) is 7.23. The second-order valence-corrected chi connectivity index (χ2v) is 7.23. The number of carbonyl (C=O) groups is 1. The number of benzene rings is 3. The zero-order chi connectivity index (χ0) is 20.9.